The van der Waals surface area contributed by atoms with E-state index in [0.29, 0.717) is 40.4 Å². The Bertz CT molecular complexity index is 811. The molecule has 3 rings (SSSR count). The number of halogens is 2. The van der Waals surface area contributed by atoms with Gasteiger partial charge in [-0.15, -0.1) is 0 Å². The van der Waals surface area contributed by atoms with Gasteiger partial charge in [0, 0.05) is 11.3 Å². The number of ether oxygens (including phenoxy) is 2. The maximum atomic E-state index is 12.1. The van der Waals surface area contributed by atoms with Crippen LogP contribution in [0, 0.1) is 0 Å². The first-order valence-corrected chi connectivity index (χ1v) is 7.75. The maximum Gasteiger partial charge on any atom is 0.326 e. The first kappa shape index (κ1) is 16.4. The number of anilines is 1. The van der Waals surface area contributed by atoms with E-state index in [1.165, 1.54) is 12.1 Å². The van der Waals surface area contributed by atoms with Crippen LogP contribution in [-0.2, 0) is 0 Å². The van der Waals surface area contributed by atoms with Crippen LogP contribution < -0.4 is 20.1 Å². The second-order valence-corrected chi connectivity index (χ2v) is 5.71. The molecule has 124 valence electrons. The minimum absolute atomic E-state index is 0.281. The number of imide groups is 1. The van der Waals surface area contributed by atoms with E-state index >= 15 is 0 Å². The topological polar surface area (TPSA) is 76.7 Å². The Morgan fingerprint density at radius 3 is 2.42 bits per heavy atom. The number of rotatable bonds is 2. The van der Waals surface area contributed by atoms with Crippen molar-refractivity contribution in [2.45, 2.75) is 0 Å². The Kier molecular flexibility index (Phi) is 4.78. The summed E-state index contributed by atoms with van der Waals surface area (Å²) < 4.78 is 10.8. The Morgan fingerprint density at radius 2 is 1.67 bits per heavy atom. The van der Waals surface area contributed by atoms with Crippen LogP contribution in [0.5, 0.6) is 11.5 Å². The van der Waals surface area contributed by atoms with Gasteiger partial charge in [-0.3, -0.25) is 10.1 Å². The molecule has 0 aliphatic carbocycles. The minimum atomic E-state index is -0.687. The zero-order valence-corrected chi connectivity index (χ0v) is 13.8. The van der Waals surface area contributed by atoms with Crippen LogP contribution >= 0.6 is 23.2 Å². The molecular weight excluding hydrogens is 355 g/mol. The van der Waals surface area contributed by atoms with E-state index < -0.39 is 11.9 Å². The molecule has 1 heterocycles. The van der Waals surface area contributed by atoms with E-state index in [2.05, 4.69) is 10.6 Å². The number of amides is 3. The molecule has 0 unspecified atom stereocenters. The summed E-state index contributed by atoms with van der Waals surface area (Å²) in [6, 6.07) is 8.61. The summed E-state index contributed by atoms with van der Waals surface area (Å²) in [4.78, 5) is 24.0. The number of hydrogen-bond donors (Lipinski definition) is 2. The van der Waals surface area contributed by atoms with Crippen molar-refractivity contribution in [2.75, 3.05) is 18.5 Å². The third kappa shape index (κ3) is 3.72. The molecule has 0 saturated carbocycles. The highest BCUT2D eigenvalue weighted by molar-refractivity contribution is 6.42. The fraction of sp³-hybridized carbons (Fsp3) is 0.125. The van der Waals surface area contributed by atoms with E-state index in [0.717, 1.165) is 0 Å². The predicted octanol–water partition coefficient (Wildman–Crippen LogP) is 3.73. The van der Waals surface area contributed by atoms with Gasteiger partial charge in [0.25, 0.3) is 5.91 Å². The van der Waals surface area contributed by atoms with Gasteiger partial charge in [0.15, 0.2) is 11.5 Å². The van der Waals surface area contributed by atoms with Crippen LogP contribution in [0.2, 0.25) is 10.0 Å². The SMILES string of the molecule is O=C(NC(=O)c1ccc2c(c1)OCCO2)Nc1ccc(Cl)c(Cl)c1. The van der Waals surface area contributed by atoms with Crippen LogP contribution in [0.15, 0.2) is 36.4 Å². The molecule has 2 N–H and O–H groups in total. The summed E-state index contributed by atoms with van der Waals surface area (Å²) in [5.74, 6) is 0.474. The second kappa shape index (κ2) is 6.98. The molecule has 0 atom stereocenters. The third-order valence-corrected chi connectivity index (χ3v) is 3.95. The number of carbonyl (C=O) groups is 2. The molecule has 2 aromatic rings. The molecule has 0 bridgehead atoms. The number of nitrogens with one attached hydrogen (secondary N) is 2. The lowest BCUT2D eigenvalue weighted by Gasteiger charge is -2.18. The summed E-state index contributed by atoms with van der Waals surface area (Å²) in [6.07, 6.45) is 0. The molecule has 0 spiro atoms. The van der Waals surface area contributed by atoms with Crippen LogP contribution in [0.4, 0.5) is 10.5 Å². The average molecular weight is 367 g/mol. The van der Waals surface area contributed by atoms with Gasteiger partial charge in [0.05, 0.1) is 10.0 Å². The molecule has 1 aliphatic rings. The van der Waals surface area contributed by atoms with Crippen LogP contribution in [0.3, 0.4) is 0 Å². The van der Waals surface area contributed by atoms with Gasteiger partial charge in [-0.1, -0.05) is 23.2 Å². The summed E-state index contributed by atoms with van der Waals surface area (Å²) in [7, 11) is 0. The molecule has 8 heteroatoms. The smallest absolute Gasteiger partial charge is 0.326 e. The van der Waals surface area contributed by atoms with Gasteiger partial charge in [-0.05, 0) is 36.4 Å². The van der Waals surface area contributed by atoms with Gasteiger partial charge >= 0.3 is 6.03 Å². The summed E-state index contributed by atoms with van der Waals surface area (Å²) in [5, 5.41) is 5.40. The highest BCUT2D eigenvalue weighted by Gasteiger charge is 2.16. The summed E-state index contributed by atoms with van der Waals surface area (Å²) in [5.41, 5.74) is 0.695. The first-order valence-electron chi connectivity index (χ1n) is 7.00. The maximum absolute atomic E-state index is 12.1. The molecule has 0 fully saturated rings. The molecule has 1 aliphatic heterocycles. The Labute approximate surface area is 147 Å². The Morgan fingerprint density at radius 1 is 0.917 bits per heavy atom. The van der Waals surface area contributed by atoms with Crippen molar-refractivity contribution in [3.8, 4) is 11.5 Å². The zero-order valence-electron chi connectivity index (χ0n) is 12.3. The number of hydrogen-bond acceptors (Lipinski definition) is 4. The largest absolute Gasteiger partial charge is 0.486 e. The quantitative estimate of drug-likeness (QED) is 0.848. The molecule has 0 radical (unpaired) electrons. The normalized spacial score (nSPS) is 12.4. The molecule has 0 saturated heterocycles. The number of fused-ring (bicyclic) bond motifs is 1. The first-order chi connectivity index (χ1) is 11.5. The number of urea groups is 1. The van der Waals surface area contributed by atoms with Crippen molar-refractivity contribution in [1.29, 1.82) is 0 Å². The van der Waals surface area contributed by atoms with Crippen molar-refractivity contribution >= 4 is 40.8 Å². The Hall–Kier alpha value is -2.44. The van der Waals surface area contributed by atoms with E-state index in [4.69, 9.17) is 32.7 Å². The summed E-state index contributed by atoms with van der Waals surface area (Å²) in [6.45, 7) is 0.875. The minimum Gasteiger partial charge on any atom is -0.486 e. The molecule has 24 heavy (non-hydrogen) atoms. The van der Waals surface area contributed by atoms with Crippen molar-refractivity contribution in [1.82, 2.24) is 5.32 Å². The van der Waals surface area contributed by atoms with Crippen molar-refractivity contribution in [3.05, 3.63) is 52.0 Å². The fourth-order valence-electron chi connectivity index (χ4n) is 2.10. The number of carbonyl (C=O) groups excluding carboxylic acids is 2. The van der Waals surface area contributed by atoms with Crippen LogP contribution in [-0.4, -0.2) is 25.2 Å². The molecular formula is C16H12Cl2N2O4. The highest BCUT2D eigenvalue weighted by Crippen LogP contribution is 2.30. The molecule has 3 amide bonds. The lowest BCUT2D eigenvalue weighted by molar-refractivity contribution is 0.0966. The van der Waals surface area contributed by atoms with Gasteiger partial charge in [0.1, 0.15) is 13.2 Å². The van der Waals surface area contributed by atoms with Gasteiger partial charge < -0.3 is 14.8 Å². The molecule has 2 aromatic carbocycles. The van der Waals surface area contributed by atoms with E-state index in [1.807, 2.05) is 0 Å². The number of benzene rings is 2. The summed E-state index contributed by atoms with van der Waals surface area (Å²) >= 11 is 11.7. The fourth-order valence-corrected chi connectivity index (χ4v) is 2.39. The van der Waals surface area contributed by atoms with E-state index in [9.17, 15) is 9.59 Å². The zero-order chi connectivity index (χ0) is 17.1. The van der Waals surface area contributed by atoms with Crippen LogP contribution in [0.1, 0.15) is 10.4 Å². The molecule has 6 nitrogen and oxygen atoms in total. The predicted molar refractivity (Wildman–Crippen MR) is 90.4 cm³/mol. The van der Waals surface area contributed by atoms with Crippen LogP contribution in [0.25, 0.3) is 0 Å². The van der Waals surface area contributed by atoms with Crippen molar-refractivity contribution in [3.63, 3.8) is 0 Å². The lowest BCUT2D eigenvalue weighted by Crippen LogP contribution is -2.34. The average Bonchev–Trinajstić information content (AvgIpc) is 2.57. The highest BCUT2D eigenvalue weighted by atomic mass is 35.5. The van der Waals surface area contributed by atoms with E-state index in [1.54, 1.807) is 24.3 Å². The van der Waals surface area contributed by atoms with Crippen molar-refractivity contribution in [2.24, 2.45) is 0 Å². The monoisotopic (exact) mass is 366 g/mol. The van der Waals surface area contributed by atoms with Gasteiger partial charge in [-0.2, -0.15) is 0 Å². The Balaban J connectivity index is 1.65. The van der Waals surface area contributed by atoms with Gasteiger partial charge in [-0.25, -0.2) is 4.79 Å². The van der Waals surface area contributed by atoms with Gasteiger partial charge in [0.2, 0.25) is 0 Å². The lowest BCUT2D eigenvalue weighted by atomic mass is 10.2. The standard InChI is InChI=1S/C16H12Cl2N2O4/c17-11-3-2-10(8-12(11)18)19-16(22)20-15(21)9-1-4-13-14(7-9)24-6-5-23-13/h1-4,7-8H,5-6H2,(H2,19,20,21,22). The third-order valence-electron chi connectivity index (χ3n) is 3.21. The molecule has 0 aromatic heterocycles. The van der Waals surface area contributed by atoms with Crippen molar-refractivity contribution < 1.29 is 19.1 Å². The second-order valence-electron chi connectivity index (χ2n) is 4.90. The van der Waals surface area contributed by atoms with E-state index in [-0.39, 0.29) is 5.56 Å².